The molecule has 0 spiro atoms. The number of nitrogen functional groups attached to an aromatic ring is 1. The Morgan fingerprint density at radius 2 is 1.81 bits per heavy atom. The third-order valence-electron chi connectivity index (χ3n) is 4.73. The Balaban J connectivity index is 1.27. The van der Waals surface area contributed by atoms with Crippen LogP contribution in [0.25, 0.3) is 28.6 Å². The summed E-state index contributed by atoms with van der Waals surface area (Å²) >= 11 is 0. The summed E-state index contributed by atoms with van der Waals surface area (Å²) in [7, 11) is 1.73. The van der Waals surface area contributed by atoms with E-state index in [9.17, 15) is 4.39 Å². The number of benzene rings is 2. The van der Waals surface area contributed by atoms with Crippen molar-refractivity contribution in [3.63, 3.8) is 0 Å². The van der Waals surface area contributed by atoms with E-state index in [2.05, 4.69) is 40.8 Å². The van der Waals surface area contributed by atoms with Crippen molar-refractivity contribution in [2.24, 2.45) is 7.05 Å². The molecule has 0 atom stereocenters. The Labute approximate surface area is 181 Å². The summed E-state index contributed by atoms with van der Waals surface area (Å²) in [6, 6.07) is 13.9. The van der Waals surface area contributed by atoms with Gasteiger partial charge in [-0.05, 0) is 29.3 Å². The van der Waals surface area contributed by atoms with E-state index >= 15 is 0 Å². The van der Waals surface area contributed by atoms with Gasteiger partial charge >= 0.3 is 0 Å². The number of hydrogen-bond donors (Lipinski definition) is 2. The second-order valence-corrected chi connectivity index (χ2v) is 7.04. The molecule has 0 saturated heterocycles. The maximum Gasteiger partial charge on any atom is 0.259 e. The highest BCUT2D eigenvalue weighted by Crippen LogP contribution is 2.18. The van der Waals surface area contributed by atoms with E-state index in [0.717, 1.165) is 17.5 Å². The number of nitrogens with one attached hydrogen (secondary N) is 1. The van der Waals surface area contributed by atoms with E-state index < -0.39 is 0 Å². The summed E-state index contributed by atoms with van der Waals surface area (Å²) in [6.07, 6.45) is 0.740. The zero-order chi connectivity index (χ0) is 22.1. The lowest BCUT2D eigenvalue weighted by Crippen LogP contribution is -2.12. The summed E-state index contributed by atoms with van der Waals surface area (Å²) < 4.78 is 14.8. The minimum atomic E-state index is -0.372. The molecule has 5 rings (SSSR count). The summed E-state index contributed by atoms with van der Waals surface area (Å²) in [5, 5.41) is 19.5. The van der Waals surface area contributed by atoms with Crippen LogP contribution in [0.3, 0.4) is 0 Å². The standard InChI is InChI=1S/C20H18FN11/c1-31-28-17(27-30-31)13-7-5-12(6-8-13)9-10-23-19-25-18(22)32-20(26-19)24-16(29-32)14-3-2-4-15(21)11-14/h2-8,11H,9-10H2,1H3,(H3,22,23,24,25,26,29). The zero-order valence-corrected chi connectivity index (χ0v) is 17.0. The molecule has 0 saturated carbocycles. The number of nitrogens with zero attached hydrogens (tertiary/aromatic N) is 9. The SMILES string of the molecule is Cn1nnc(-c2ccc(CCNc3nc(N)n4nc(-c5cccc(F)c5)nc4n3)cc2)n1. The van der Waals surface area contributed by atoms with E-state index in [4.69, 9.17) is 5.73 Å². The van der Waals surface area contributed by atoms with Crippen LogP contribution in [0.15, 0.2) is 48.5 Å². The van der Waals surface area contributed by atoms with Gasteiger partial charge in [-0.2, -0.15) is 24.3 Å². The minimum absolute atomic E-state index is 0.133. The first-order valence-corrected chi connectivity index (χ1v) is 9.78. The number of fused-ring (bicyclic) bond motifs is 1. The largest absolute Gasteiger partial charge is 0.368 e. The van der Waals surface area contributed by atoms with E-state index in [0.29, 0.717) is 29.7 Å². The third-order valence-corrected chi connectivity index (χ3v) is 4.73. The van der Waals surface area contributed by atoms with Gasteiger partial charge in [0.15, 0.2) is 5.82 Å². The molecule has 160 valence electrons. The topological polar surface area (TPSA) is 138 Å². The molecule has 0 aliphatic carbocycles. The molecule has 3 N–H and O–H groups in total. The molecule has 0 bridgehead atoms. The highest BCUT2D eigenvalue weighted by molar-refractivity contribution is 5.58. The molecule has 12 heteroatoms. The maximum absolute atomic E-state index is 13.5. The van der Waals surface area contributed by atoms with Gasteiger partial charge in [0.25, 0.3) is 5.78 Å². The normalized spacial score (nSPS) is 11.2. The number of anilines is 2. The fraction of sp³-hybridized carbons (Fsp3) is 0.150. The van der Waals surface area contributed by atoms with Crippen LogP contribution < -0.4 is 11.1 Å². The molecule has 0 aliphatic heterocycles. The molecule has 3 aromatic heterocycles. The Morgan fingerprint density at radius 3 is 2.56 bits per heavy atom. The molecule has 0 unspecified atom stereocenters. The number of aryl methyl sites for hydroxylation is 1. The van der Waals surface area contributed by atoms with Crippen molar-refractivity contribution in [1.82, 2.24) is 44.8 Å². The van der Waals surface area contributed by atoms with Gasteiger partial charge in [-0.25, -0.2) is 4.39 Å². The van der Waals surface area contributed by atoms with Gasteiger partial charge < -0.3 is 11.1 Å². The second kappa shape index (κ2) is 7.98. The van der Waals surface area contributed by atoms with Crippen molar-refractivity contribution >= 4 is 17.7 Å². The van der Waals surface area contributed by atoms with Crippen LogP contribution in [0.4, 0.5) is 16.3 Å². The number of nitrogens with two attached hydrogens (primary N) is 1. The summed E-state index contributed by atoms with van der Waals surface area (Å²) in [4.78, 5) is 14.4. The third kappa shape index (κ3) is 3.93. The van der Waals surface area contributed by atoms with Crippen LogP contribution in [0.1, 0.15) is 5.56 Å². The predicted octanol–water partition coefficient (Wildman–Crippen LogP) is 1.75. The molecule has 0 fully saturated rings. The lowest BCUT2D eigenvalue weighted by atomic mass is 10.1. The summed E-state index contributed by atoms with van der Waals surface area (Å²) in [5.41, 5.74) is 8.56. The van der Waals surface area contributed by atoms with Gasteiger partial charge in [-0.1, -0.05) is 36.4 Å². The van der Waals surface area contributed by atoms with E-state index in [1.165, 1.54) is 21.4 Å². The Hall–Kier alpha value is -4.48. The van der Waals surface area contributed by atoms with E-state index in [1.807, 2.05) is 24.3 Å². The Morgan fingerprint density at radius 1 is 0.969 bits per heavy atom. The summed E-state index contributed by atoms with van der Waals surface area (Å²) in [6.45, 7) is 0.587. The molecule has 0 radical (unpaired) electrons. The molecular weight excluding hydrogens is 413 g/mol. The molecular formula is C20H18FN11. The Kier molecular flexibility index (Phi) is 4.86. The Bertz CT molecular complexity index is 1390. The van der Waals surface area contributed by atoms with Crippen molar-refractivity contribution in [2.45, 2.75) is 6.42 Å². The monoisotopic (exact) mass is 431 g/mol. The first kappa shape index (κ1) is 19.5. The van der Waals surface area contributed by atoms with Crippen molar-refractivity contribution in [3.8, 4) is 22.8 Å². The fourth-order valence-corrected chi connectivity index (χ4v) is 3.17. The van der Waals surface area contributed by atoms with Gasteiger partial charge in [0, 0.05) is 17.7 Å². The van der Waals surface area contributed by atoms with E-state index in [-0.39, 0.29) is 17.5 Å². The quantitative estimate of drug-likeness (QED) is 0.412. The van der Waals surface area contributed by atoms with Crippen LogP contribution >= 0.6 is 0 Å². The molecule has 0 amide bonds. The molecule has 2 aromatic carbocycles. The zero-order valence-electron chi connectivity index (χ0n) is 17.0. The highest BCUT2D eigenvalue weighted by atomic mass is 19.1. The number of tetrazole rings is 1. The maximum atomic E-state index is 13.5. The van der Waals surface area contributed by atoms with Gasteiger partial charge in [0.05, 0.1) is 7.05 Å². The van der Waals surface area contributed by atoms with Crippen LogP contribution in [0.5, 0.6) is 0 Å². The van der Waals surface area contributed by atoms with E-state index in [1.54, 1.807) is 19.2 Å². The van der Waals surface area contributed by atoms with Crippen molar-refractivity contribution in [2.75, 3.05) is 17.6 Å². The van der Waals surface area contributed by atoms with Crippen molar-refractivity contribution in [3.05, 3.63) is 59.9 Å². The summed E-state index contributed by atoms with van der Waals surface area (Å²) in [5.74, 6) is 1.28. The van der Waals surface area contributed by atoms with Crippen LogP contribution in [0.2, 0.25) is 0 Å². The van der Waals surface area contributed by atoms with Gasteiger partial charge in [-0.15, -0.1) is 15.3 Å². The number of rotatable bonds is 6. The number of halogens is 1. The molecule has 32 heavy (non-hydrogen) atoms. The van der Waals surface area contributed by atoms with Gasteiger partial charge in [0.1, 0.15) is 5.82 Å². The second-order valence-electron chi connectivity index (χ2n) is 7.04. The fourth-order valence-electron chi connectivity index (χ4n) is 3.17. The van der Waals surface area contributed by atoms with Crippen molar-refractivity contribution < 1.29 is 4.39 Å². The average Bonchev–Trinajstić information content (AvgIpc) is 3.41. The minimum Gasteiger partial charge on any atom is -0.368 e. The van der Waals surface area contributed by atoms with Crippen LogP contribution in [-0.2, 0) is 13.5 Å². The lowest BCUT2D eigenvalue weighted by molar-refractivity contribution is 0.628. The van der Waals surface area contributed by atoms with Crippen molar-refractivity contribution in [1.29, 1.82) is 0 Å². The number of aromatic nitrogens is 9. The van der Waals surface area contributed by atoms with Gasteiger partial charge in [-0.3, -0.25) is 0 Å². The average molecular weight is 431 g/mol. The first-order chi connectivity index (χ1) is 15.5. The molecule has 3 heterocycles. The lowest BCUT2D eigenvalue weighted by Gasteiger charge is -2.06. The smallest absolute Gasteiger partial charge is 0.259 e. The number of hydrogen-bond acceptors (Lipinski definition) is 9. The predicted molar refractivity (Wildman–Crippen MR) is 115 cm³/mol. The van der Waals surface area contributed by atoms with Gasteiger partial charge in [0.2, 0.25) is 17.7 Å². The molecule has 11 nitrogen and oxygen atoms in total. The van der Waals surface area contributed by atoms with Crippen LogP contribution in [-0.4, -0.2) is 51.3 Å². The first-order valence-electron chi connectivity index (χ1n) is 9.78. The van der Waals surface area contributed by atoms with Crippen LogP contribution in [0, 0.1) is 5.82 Å². The highest BCUT2D eigenvalue weighted by Gasteiger charge is 2.12. The molecule has 0 aliphatic rings. The molecule has 5 aromatic rings.